The maximum absolute atomic E-state index is 6.01. The van der Waals surface area contributed by atoms with Crippen molar-refractivity contribution in [3.05, 3.63) is 58.1 Å². The van der Waals surface area contributed by atoms with Gasteiger partial charge in [-0.2, -0.15) is 0 Å². The normalized spacial score (nSPS) is 10.8. The van der Waals surface area contributed by atoms with Crippen molar-refractivity contribution in [1.29, 1.82) is 0 Å². The van der Waals surface area contributed by atoms with Crippen LogP contribution in [0.4, 0.5) is 5.69 Å². The van der Waals surface area contributed by atoms with Crippen molar-refractivity contribution in [1.82, 2.24) is 0 Å². The van der Waals surface area contributed by atoms with Gasteiger partial charge in [0.1, 0.15) is 5.75 Å². The number of rotatable bonds is 7. The van der Waals surface area contributed by atoms with Gasteiger partial charge in [0.2, 0.25) is 0 Å². The Morgan fingerprint density at radius 2 is 1.77 bits per heavy atom. The third-order valence-electron chi connectivity index (χ3n) is 3.22. The Morgan fingerprint density at radius 3 is 2.45 bits per heavy atom. The molecular weight excluding hydrogens is 317 g/mol. The first-order chi connectivity index (χ1) is 10.5. The minimum Gasteiger partial charge on any atom is -0.494 e. The molecule has 0 spiro atoms. The summed E-state index contributed by atoms with van der Waals surface area (Å²) >= 11 is 12.0. The van der Waals surface area contributed by atoms with Gasteiger partial charge in [-0.05, 0) is 48.2 Å². The highest BCUT2D eigenvalue weighted by Gasteiger charge is 2.01. The molecule has 0 radical (unpaired) electrons. The van der Waals surface area contributed by atoms with Crippen LogP contribution in [0.3, 0.4) is 0 Å². The fraction of sp³-hybridized carbons (Fsp3) is 0.333. The molecule has 0 bridgehead atoms. The Morgan fingerprint density at radius 1 is 1.05 bits per heavy atom. The lowest BCUT2D eigenvalue weighted by molar-refractivity contribution is 0.289. The minimum absolute atomic E-state index is 0.647. The molecule has 0 aliphatic carbocycles. The van der Waals surface area contributed by atoms with Crippen LogP contribution in [0.1, 0.15) is 25.8 Å². The van der Waals surface area contributed by atoms with Crippen LogP contribution in [0.2, 0.25) is 10.0 Å². The van der Waals surface area contributed by atoms with E-state index >= 15 is 0 Å². The zero-order chi connectivity index (χ0) is 15.9. The van der Waals surface area contributed by atoms with Crippen LogP contribution in [0.25, 0.3) is 0 Å². The van der Waals surface area contributed by atoms with Gasteiger partial charge < -0.3 is 10.1 Å². The zero-order valence-corrected chi connectivity index (χ0v) is 14.4. The SMILES string of the molecule is CC(C)CCOc1cccc(NCc2cc(Cl)cc(Cl)c2)c1. The number of ether oxygens (including phenoxy) is 1. The van der Waals surface area contributed by atoms with E-state index in [0.29, 0.717) is 22.5 Å². The molecule has 0 saturated heterocycles. The second-order valence-electron chi connectivity index (χ2n) is 5.69. The van der Waals surface area contributed by atoms with Crippen LogP contribution in [-0.2, 0) is 6.54 Å². The van der Waals surface area contributed by atoms with E-state index in [1.807, 2.05) is 36.4 Å². The van der Waals surface area contributed by atoms with E-state index in [4.69, 9.17) is 27.9 Å². The van der Waals surface area contributed by atoms with Gasteiger partial charge in [0, 0.05) is 28.3 Å². The molecule has 0 atom stereocenters. The van der Waals surface area contributed by atoms with Crippen LogP contribution < -0.4 is 10.1 Å². The molecule has 2 aromatic rings. The third-order valence-corrected chi connectivity index (χ3v) is 3.65. The molecule has 2 aromatic carbocycles. The summed E-state index contributed by atoms with van der Waals surface area (Å²) in [5.74, 6) is 1.53. The first-order valence-corrected chi connectivity index (χ1v) is 8.20. The molecule has 4 heteroatoms. The summed E-state index contributed by atoms with van der Waals surface area (Å²) in [7, 11) is 0. The summed E-state index contributed by atoms with van der Waals surface area (Å²) in [4.78, 5) is 0. The van der Waals surface area contributed by atoms with Gasteiger partial charge in [0.25, 0.3) is 0 Å². The Bertz CT molecular complexity index is 594. The van der Waals surface area contributed by atoms with E-state index in [0.717, 1.165) is 30.0 Å². The molecule has 0 amide bonds. The van der Waals surface area contributed by atoms with E-state index in [2.05, 4.69) is 19.2 Å². The van der Waals surface area contributed by atoms with Crippen LogP contribution in [0.15, 0.2) is 42.5 Å². The van der Waals surface area contributed by atoms with Crippen LogP contribution in [0, 0.1) is 5.92 Å². The Kier molecular flexibility index (Phi) is 6.41. The average molecular weight is 338 g/mol. The molecule has 1 N–H and O–H groups in total. The predicted octanol–water partition coefficient (Wildman–Crippen LogP) is 6.03. The Hall–Kier alpha value is -1.38. The van der Waals surface area contributed by atoms with Crippen molar-refractivity contribution < 1.29 is 4.74 Å². The number of benzene rings is 2. The van der Waals surface area contributed by atoms with Gasteiger partial charge in [0.05, 0.1) is 6.61 Å². The summed E-state index contributed by atoms with van der Waals surface area (Å²) in [6.45, 7) is 5.79. The number of halogens is 2. The van der Waals surface area contributed by atoms with E-state index in [9.17, 15) is 0 Å². The van der Waals surface area contributed by atoms with Crippen LogP contribution >= 0.6 is 23.2 Å². The third kappa shape index (κ3) is 5.78. The summed E-state index contributed by atoms with van der Waals surface area (Å²) in [5.41, 5.74) is 2.06. The molecule has 0 heterocycles. The lowest BCUT2D eigenvalue weighted by atomic mass is 10.1. The van der Waals surface area contributed by atoms with Crippen molar-refractivity contribution in [2.75, 3.05) is 11.9 Å². The molecule has 0 aromatic heterocycles. The van der Waals surface area contributed by atoms with Gasteiger partial charge in [-0.3, -0.25) is 0 Å². The van der Waals surface area contributed by atoms with Gasteiger partial charge in [-0.1, -0.05) is 43.1 Å². The smallest absolute Gasteiger partial charge is 0.121 e. The highest BCUT2D eigenvalue weighted by Crippen LogP contribution is 2.22. The fourth-order valence-electron chi connectivity index (χ4n) is 2.03. The van der Waals surface area contributed by atoms with Crippen molar-refractivity contribution in [2.24, 2.45) is 5.92 Å². The molecular formula is C18H21Cl2NO. The van der Waals surface area contributed by atoms with Crippen molar-refractivity contribution in [2.45, 2.75) is 26.8 Å². The number of hydrogen-bond donors (Lipinski definition) is 1. The maximum Gasteiger partial charge on any atom is 0.121 e. The maximum atomic E-state index is 6.01. The lowest BCUT2D eigenvalue weighted by Gasteiger charge is -2.11. The standard InChI is InChI=1S/C18H21Cl2NO/c1-13(2)6-7-22-18-5-3-4-17(11-18)21-12-14-8-15(19)10-16(20)9-14/h3-5,8-11,13,21H,6-7,12H2,1-2H3. The highest BCUT2D eigenvalue weighted by atomic mass is 35.5. The molecule has 118 valence electrons. The molecule has 0 aliphatic rings. The molecule has 0 saturated carbocycles. The summed E-state index contributed by atoms with van der Waals surface area (Å²) in [5, 5.41) is 4.65. The van der Waals surface area contributed by atoms with E-state index in [1.54, 1.807) is 6.07 Å². The largest absolute Gasteiger partial charge is 0.494 e. The second-order valence-corrected chi connectivity index (χ2v) is 6.56. The molecule has 0 unspecified atom stereocenters. The zero-order valence-electron chi connectivity index (χ0n) is 12.9. The van der Waals surface area contributed by atoms with Crippen molar-refractivity contribution in [3.8, 4) is 5.75 Å². The van der Waals surface area contributed by atoms with Gasteiger partial charge in [-0.25, -0.2) is 0 Å². The highest BCUT2D eigenvalue weighted by molar-refractivity contribution is 6.34. The monoisotopic (exact) mass is 337 g/mol. The summed E-state index contributed by atoms with van der Waals surface area (Å²) in [6.07, 6.45) is 1.05. The molecule has 22 heavy (non-hydrogen) atoms. The first kappa shape index (κ1) is 17.0. The van der Waals surface area contributed by atoms with Crippen LogP contribution in [0.5, 0.6) is 5.75 Å². The topological polar surface area (TPSA) is 21.3 Å². The van der Waals surface area contributed by atoms with Crippen LogP contribution in [-0.4, -0.2) is 6.61 Å². The summed E-state index contributed by atoms with van der Waals surface area (Å²) < 4.78 is 5.77. The van der Waals surface area contributed by atoms with Crippen molar-refractivity contribution >= 4 is 28.9 Å². The lowest BCUT2D eigenvalue weighted by Crippen LogP contribution is -2.03. The first-order valence-electron chi connectivity index (χ1n) is 7.44. The Labute approximate surface area is 142 Å². The fourth-order valence-corrected chi connectivity index (χ4v) is 2.60. The number of anilines is 1. The van der Waals surface area contributed by atoms with E-state index in [1.165, 1.54) is 0 Å². The average Bonchev–Trinajstić information content (AvgIpc) is 2.44. The Balaban J connectivity index is 1.92. The van der Waals surface area contributed by atoms with Crippen molar-refractivity contribution in [3.63, 3.8) is 0 Å². The number of hydrogen-bond acceptors (Lipinski definition) is 2. The second kappa shape index (κ2) is 8.30. The van der Waals surface area contributed by atoms with Gasteiger partial charge in [-0.15, -0.1) is 0 Å². The molecule has 2 nitrogen and oxygen atoms in total. The van der Waals surface area contributed by atoms with E-state index in [-0.39, 0.29) is 0 Å². The molecule has 0 aliphatic heterocycles. The van der Waals surface area contributed by atoms with E-state index < -0.39 is 0 Å². The molecule has 0 fully saturated rings. The van der Waals surface area contributed by atoms with Gasteiger partial charge >= 0.3 is 0 Å². The van der Waals surface area contributed by atoms with Gasteiger partial charge in [0.15, 0.2) is 0 Å². The number of nitrogens with one attached hydrogen (secondary N) is 1. The summed E-state index contributed by atoms with van der Waals surface area (Å²) in [6, 6.07) is 13.5. The minimum atomic E-state index is 0.647. The quantitative estimate of drug-likeness (QED) is 0.665. The molecule has 2 rings (SSSR count). The predicted molar refractivity (Wildman–Crippen MR) is 95.2 cm³/mol.